The second kappa shape index (κ2) is 7.71. The van der Waals surface area contributed by atoms with Crippen molar-refractivity contribution in [3.63, 3.8) is 0 Å². The highest BCUT2D eigenvalue weighted by Gasteiger charge is 2.33. The monoisotopic (exact) mass is 357 g/mol. The van der Waals surface area contributed by atoms with Crippen molar-refractivity contribution in [2.75, 3.05) is 6.54 Å². The fourth-order valence-electron chi connectivity index (χ4n) is 2.90. The lowest BCUT2D eigenvalue weighted by Crippen LogP contribution is -2.46. The van der Waals surface area contributed by atoms with Crippen LogP contribution in [0.15, 0.2) is 33.6 Å². The first-order valence-corrected chi connectivity index (χ1v) is 9.52. The zero-order valence-corrected chi connectivity index (χ0v) is 14.7. The molecule has 0 spiro atoms. The maximum Gasteiger partial charge on any atom is 0.0577 e. The predicted molar refractivity (Wildman–Crippen MR) is 89.4 cm³/mol. The van der Waals surface area contributed by atoms with Crippen molar-refractivity contribution in [1.29, 1.82) is 0 Å². The summed E-state index contributed by atoms with van der Waals surface area (Å²) in [6.45, 7) is 5.48. The molecule has 1 N–H and O–H groups in total. The van der Waals surface area contributed by atoms with Crippen LogP contribution in [0.5, 0.6) is 0 Å². The van der Waals surface area contributed by atoms with Gasteiger partial charge in [0.15, 0.2) is 0 Å². The minimum absolute atomic E-state index is 0.236. The molecule has 0 aromatic heterocycles. The van der Waals surface area contributed by atoms with Crippen molar-refractivity contribution in [3.8, 4) is 0 Å². The van der Waals surface area contributed by atoms with E-state index in [0.29, 0.717) is 12.0 Å². The number of hydrogen-bond donors (Lipinski definition) is 1. The Bertz CT molecular complexity index is 464. The van der Waals surface area contributed by atoms with E-state index in [9.17, 15) is 4.21 Å². The number of hydrogen-bond acceptors (Lipinski definition) is 2. The van der Waals surface area contributed by atoms with E-state index in [1.165, 1.54) is 6.42 Å². The molecule has 1 aliphatic carbocycles. The number of nitrogens with one attached hydrogen (secondary N) is 1. The Morgan fingerprint density at radius 2 is 2.20 bits per heavy atom. The fraction of sp³-hybridized carbons (Fsp3) is 0.625. The standard InChI is InChI=1S/C16H24BrNOS/c1-3-9-18-15-8-7-12(2)10-16(15)20(19)14-6-4-5-13(17)11-14/h4-6,11-12,15-16,18H,3,7-10H2,1-2H3. The molecule has 0 amide bonds. The van der Waals surface area contributed by atoms with Crippen molar-refractivity contribution in [3.05, 3.63) is 28.7 Å². The molecule has 1 aromatic carbocycles. The van der Waals surface area contributed by atoms with E-state index < -0.39 is 10.8 Å². The van der Waals surface area contributed by atoms with Gasteiger partial charge in [-0.25, -0.2) is 0 Å². The van der Waals surface area contributed by atoms with Gasteiger partial charge in [0.1, 0.15) is 0 Å². The van der Waals surface area contributed by atoms with Gasteiger partial charge in [-0.05, 0) is 56.3 Å². The molecule has 112 valence electrons. The summed E-state index contributed by atoms with van der Waals surface area (Å²) in [5, 5.41) is 3.84. The van der Waals surface area contributed by atoms with Gasteiger partial charge in [-0.1, -0.05) is 35.8 Å². The topological polar surface area (TPSA) is 29.1 Å². The molecule has 0 saturated heterocycles. The van der Waals surface area contributed by atoms with Gasteiger partial charge in [0.25, 0.3) is 0 Å². The maximum atomic E-state index is 12.9. The molecule has 4 atom stereocenters. The molecule has 0 bridgehead atoms. The summed E-state index contributed by atoms with van der Waals surface area (Å²) >= 11 is 3.47. The lowest BCUT2D eigenvalue weighted by Gasteiger charge is -2.35. The molecule has 1 aliphatic rings. The molecule has 1 saturated carbocycles. The molecule has 0 radical (unpaired) electrons. The van der Waals surface area contributed by atoms with Crippen molar-refractivity contribution in [2.45, 2.75) is 55.7 Å². The summed E-state index contributed by atoms with van der Waals surface area (Å²) in [5.74, 6) is 0.677. The average Bonchev–Trinajstić information content (AvgIpc) is 2.45. The van der Waals surface area contributed by atoms with Crippen LogP contribution in [0.1, 0.15) is 39.5 Å². The van der Waals surface area contributed by atoms with Crippen LogP contribution < -0.4 is 5.32 Å². The summed E-state index contributed by atoms with van der Waals surface area (Å²) in [7, 11) is -0.927. The van der Waals surface area contributed by atoms with E-state index >= 15 is 0 Å². The molecule has 0 aliphatic heterocycles. The molecule has 1 aromatic rings. The van der Waals surface area contributed by atoms with E-state index in [0.717, 1.165) is 35.2 Å². The number of halogens is 1. The largest absolute Gasteiger partial charge is 0.313 e. The van der Waals surface area contributed by atoms with Gasteiger partial charge in [0, 0.05) is 15.4 Å². The molecule has 2 rings (SSSR count). The van der Waals surface area contributed by atoms with Gasteiger partial charge in [-0.3, -0.25) is 4.21 Å². The van der Waals surface area contributed by atoms with Crippen LogP contribution in [0.25, 0.3) is 0 Å². The SMILES string of the molecule is CCCNC1CCC(C)CC1S(=O)c1cccc(Br)c1. The third-order valence-electron chi connectivity index (χ3n) is 4.01. The predicted octanol–water partition coefficient (Wildman–Crippen LogP) is 4.11. The summed E-state index contributed by atoms with van der Waals surface area (Å²) in [6, 6.07) is 8.32. The molecule has 2 nitrogen and oxygen atoms in total. The van der Waals surface area contributed by atoms with Crippen molar-refractivity contribution < 1.29 is 4.21 Å². The summed E-state index contributed by atoms with van der Waals surface area (Å²) in [4.78, 5) is 0.946. The minimum atomic E-state index is -0.927. The Morgan fingerprint density at radius 3 is 2.90 bits per heavy atom. The average molecular weight is 358 g/mol. The zero-order chi connectivity index (χ0) is 14.5. The zero-order valence-electron chi connectivity index (χ0n) is 12.3. The van der Waals surface area contributed by atoms with Gasteiger partial charge >= 0.3 is 0 Å². The third kappa shape index (κ3) is 4.15. The Labute approximate surface area is 133 Å². The second-order valence-corrected chi connectivity index (χ2v) is 8.36. The van der Waals surface area contributed by atoms with E-state index in [1.54, 1.807) is 0 Å². The van der Waals surface area contributed by atoms with E-state index in [-0.39, 0.29) is 5.25 Å². The highest BCUT2D eigenvalue weighted by molar-refractivity contribution is 9.10. The van der Waals surface area contributed by atoms with Crippen LogP contribution in [0.4, 0.5) is 0 Å². The lowest BCUT2D eigenvalue weighted by molar-refractivity contribution is 0.313. The molecule has 0 heterocycles. The van der Waals surface area contributed by atoms with Crippen molar-refractivity contribution >= 4 is 26.7 Å². The van der Waals surface area contributed by atoms with E-state index in [4.69, 9.17) is 0 Å². The first kappa shape index (κ1) is 16.2. The van der Waals surface area contributed by atoms with Crippen LogP contribution in [-0.4, -0.2) is 22.0 Å². The van der Waals surface area contributed by atoms with Gasteiger partial charge in [0.2, 0.25) is 0 Å². The van der Waals surface area contributed by atoms with Gasteiger partial charge < -0.3 is 5.32 Å². The van der Waals surface area contributed by atoms with Crippen LogP contribution in [0.2, 0.25) is 0 Å². The first-order chi connectivity index (χ1) is 9.61. The highest BCUT2D eigenvalue weighted by atomic mass is 79.9. The lowest BCUT2D eigenvalue weighted by atomic mass is 9.87. The molecule has 4 heteroatoms. The maximum absolute atomic E-state index is 12.9. The van der Waals surface area contributed by atoms with Crippen LogP contribution in [0, 0.1) is 5.92 Å². The Morgan fingerprint density at radius 1 is 1.40 bits per heavy atom. The molecular weight excluding hydrogens is 334 g/mol. The Balaban J connectivity index is 2.14. The van der Waals surface area contributed by atoms with Crippen molar-refractivity contribution in [1.82, 2.24) is 5.32 Å². The quantitative estimate of drug-likeness (QED) is 0.858. The summed E-state index contributed by atoms with van der Waals surface area (Å²) in [5.41, 5.74) is 0. The van der Waals surface area contributed by atoms with Gasteiger partial charge in [0.05, 0.1) is 16.0 Å². The minimum Gasteiger partial charge on any atom is -0.313 e. The smallest absolute Gasteiger partial charge is 0.0577 e. The van der Waals surface area contributed by atoms with Gasteiger partial charge in [-0.2, -0.15) is 0 Å². The first-order valence-electron chi connectivity index (χ1n) is 7.51. The molecular formula is C16H24BrNOS. The Hall–Kier alpha value is -0.190. The number of benzene rings is 1. The van der Waals surface area contributed by atoms with E-state index in [1.807, 2.05) is 24.3 Å². The van der Waals surface area contributed by atoms with Crippen LogP contribution in [0.3, 0.4) is 0 Å². The van der Waals surface area contributed by atoms with Crippen LogP contribution in [-0.2, 0) is 10.8 Å². The number of rotatable bonds is 5. The van der Waals surface area contributed by atoms with Crippen LogP contribution >= 0.6 is 15.9 Å². The van der Waals surface area contributed by atoms with Crippen molar-refractivity contribution in [2.24, 2.45) is 5.92 Å². The fourth-order valence-corrected chi connectivity index (χ4v) is 5.29. The molecule has 1 fully saturated rings. The summed E-state index contributed by atoms with van der Waals surface area (Å²) in [6.07, 6.45) is 4.57. The normalized spacial score (nSPS) is 28.2. The Kier molecular flexibility index (Phi) is 6.24. The summed E-state index contributed by atoms with van der Waals surface area (Å²) < 4.78 is 13.9. The molecule has 4 unspecified atom stereocenters. The molecule has 20 heavy (non-hydrogen) atoms. The second-order valence-electron chi connectivity index (χ2n) is 5.77. The van der Waals surface area contributed by atoms with E-state index in [2.05, 4.69) is 35.1 Å². The van der Waals surface area contributed by atoms with Gasteiger partial charge in [-0.15, -0.1) is 0 Å². The highest BCUT2D eigenvalue weighted by Crippen LogP contribution is 2.30. The third-order valence-corrected chi connectivity index (χ3v) is 6.30.